The van der Waals surface area contributed by atoms with Gasteiger partial charge in [-0.2, -0.15) is 0 Å². The maximum Gasteiger partial charge on any atom is 0.272 e. The number of methoxy groups -OCH3 is 1. The first-order valence-corrected chi connectivity index (χ1v) is 11.1. The van der Waals surface area contributed by atoms with Crippen molar-refractivity contribution >= 4 is 51.9 Å². The van der Waals surface area contributed by atoms with Gasteiger partial charge in [0, 0.05) is 35.9 Å². The molecule has 1 atom stereocenters. The third-order valence-corrected chi connectivity index (χ3v) is 6.10. The first kappa shape index (κ1) is 22.8. The third kappa shape index (κ3) is 4.69. The summed E-state index contributed by atoms with van der Waals surface area (Å²) in [5.41, 5.74) is 3.91. The molecule has 1 amide bonds. The number of anilines is 2. The molecule has 3 aromatic carbocycles. The van der Waals surface area contributed by atoms with Gasteiger partial charge in [0.15, 0.2) is 5.11 Å². The Bertz CT molecular complexity index is 1210. The summed E-state index contributed by atoms with van der Waals surface area (Å²) in [4.78, 5) is 21.6. The molecular formula is C25H23ClN4O2S. The lowest BCUT2D eigenvalue weighted by Gasteiger charge is -2.25. The molecule has 33 heavy (non-hydrogen) atoms. The van der Waals surface area contributed by atoms with Crippen LogP contribution in [0, 0.1) is 0 Å². The molecule has 1 aliphatic rings. The molecule has 1 aliphatic heterocycles. The monoisotopic (exact) mass is 478 g/mol. The first-order valence-electron chi connectivity index (χ1n) is 10.3. The fourth-order valence-corrected chi connectivity index (χ4v) is 3.99. The summed E-state index contributed by atoms with van der Waals surface area (Å²) in [6, 6.07) is 22.6. The lowest BCUT2D eigenvalue weighted by Crippen LogP contribution is -2.49. The van der Waals surface area contributed by atoms with Crippen LogP contribution in [0.1, 0.15) is 11.1 Å². The number of benzene rings is 3. The highest BCUT2D eigenvalue weighted by Gasteiger charge is 2.31. The molecule has 6 nitrogen and oxygen atoms in total. The van der Waals surface area contributed by atoms with Crippen LogP contribution < -0.4 is 19.9 Å². The number of amides is 1. The van der Waals surface area contributed by atoms with Crippen LogP contribution in [0.4, 0.5) is 11.4 Å². The Morgan fingerprint density at radius 2 is 1.82 bits per heavy atom. The number of halogens is 1. The normalized spacial score (nSPS) is 15.3. The van der Waals surface area contributed by atoms with Gasteiger partial charge < -0.3 is 19.9 Å². The summed E-state index contributed by atoms with van der Waals surface area (Å²) in [7, 11) is 5.18. The third-order valence-electron chi connectivity index (χ3n) is 5.47. The summed E-state index contributed by atoms with van der Waals surface area (Å²) in [6.07, 6.45) is -0.912. The Kier molecular flexibility index (Phi) is 6.62. The molecule has 168 valence electrons. The molecular weight excluding hydrogens is 456 g/mol. The van der Waals surface area contributed by atoms with E-state index in [1.807, 2.05) is 73.8 Å². The fraction of sp³-hybridized carbons (Fsp3) is 0.160. The van der Waals surface area contributed by atoms with Crippen LogP contribution in [0.5, 0.6) is 5.75 Å². The summed E-state index contributed by atoms with van der Waals surface area (Å²) >= 11 is 11.9. The van der Waals surface area contributed by atoms with Crippen molar-refractivity contribution in [3.63, 3.8) is 0 Å². The number of likely N-dealkylation sites (N-methyl/N-ethyl adjacent to an activating group) is 1. The molecule has 0 aliphatic carbocycles. The van der Waals surface area contributed by atoms with Gasteiger partial charge in [0.2, 0.25) is 6.17 Å². The molecule has 0 radical (unpaired) electrons. The molecule has 8 heteroatoms. The zero-order valence-corrected chi connectivity index (χ0v) is 20.0. The topological polar surface area (TPSA) is 57.2 Å². The summed E-state index contributed by atoms with van der Waals surface area (Å²) in [6.45, 7) is 0. The second-order valence-electron chi connectivity index (χ2n) is 7.51. The number of thiocarbonyl (C=S) groups is 1. The zero-order chi connectivity index (χ0) is 23.5. The van der Waals surface area contributed by atoms with Crippen molar-refractivity contribution in [2.75, 3.05) is 31.0 Å². The smallest absolute Gasteiger partial charge is 0.272 e. The molecule has 0 aromatic heterocycles. The summed E-state index contributed by atoms with van der Waals surface area (Å²) in [5, 5.41) is 4.07. The van der Waals surface area contributed by atoms with E-state index < -0.39 is 6.17 Å². The predicted molar refractivity (Wildman–Crippen MR) is 138 cm³/mol. The molecule has 4 rings (SSSR count). The number of hydrogen-bond acceptors (Lipinski definition) is 4. The van der Waals surface area contributed by atoms with Crippen LogP contribution in [0.3, 0.4) is 0 Å². The lowest BCUT2D eigenvalue weighted by atomic mass is 10.0. The van der Waals surface area contributed by atoms with E-state index in [-0.39, 0.29) is 5.91 Å². The molecule has 1 unspecified atom stereocenters. The Hall–Kier alpha value is -3.42. The molecule has 1 N–H and O–H groups in total. The van der Waals surface area contributed by atoms with Crippen molar-refractivity contribution < 1.29 is 9.53 Å². The number of ether oxygens (including phenoxy) is 1. The Balaban J connectivity index is 1.70. The highest BCUT2D eigenvalue weighted by molar-refractivity contribution is 7.80. The van der Waals surface area contributed by atoms with Gasteiger partial charge in [0.05, 0.1) is 18.5 Å². The van der Waals surface area contributed by atoms with Gasteiger partial charge in [-0.1, -0.05) is 41.9 Å². The van der Waals surface area contributed by atoms with Crippen molar-refractivity contribution in [1.82, 2.24) is 5.32 Å². The standard InChI is InChI=1S/C25H23ClN4O2S/c1-29(18-10-12-19(32-3)13-11-18)25(33)28-23-24(31)30(2)21-14-9-17(26)15-20(21)22(27-23)16-7-5-4-6-8-16/h4-15,23H,1-3H3,(H,28,33). The number of carbonyl (C=O) groups is 1. The molecule has 1 heterocycles. The predicted octanol–water partition coefficient (Wildman–Crippen LogP) is 4.50. The van der Waals surface area contributed by atoms with Gasteiger partial charge >= 0.3 is 0 Å². The van der Waals surface area contributed by atoms with Crippen LogP contribution in [-0.2, 0) is 4.79 Å². The van der Waals surface area contributed by atoms with Crippen LogP contribution >= 0.6 is 23.8 Å². The molecule has 0 saturated heterocycles. The quantitative estimate of drug-likeness (QED) is 0.559. The number of nitrogens with zero attached hydrogens (tertiary/aromatic N) is 3. The van der Waals surface area contributed by atoms with Crippen LogP contribution in [0.25, 0.3) is 0 Å². The van der Waals surface area contributed by atoms with Gasteiger partial charge in [-0.15, -0.1) is 0 Å². The minimum absolute atomic E-state index is 0.227. The summed E-state index contributed by atoms with van der Waals surface area (Å²) in [5.74, 6) is 0.523. The number of fused-ring (bicyclic) bond motifs is 1. The van der Waals surface area contributed by atoms with E-state index in [4.69, 9.17) is 33.5 Å². The fourth-order valence-electron chi connectivity index (χ4n) is 3.60. The van der Waals surface area contributed by atoms with Crippen molar-refractivity contribution in [2.45, 2.75) is 6.17 Å². The average molecular weight is 479 g/mol. The number of benzodiazepines with no additional fused rings is 1. The van der Waals surface area contributed by atoms with E-state index in [0.29, 0.717) is 15.8 Å². The zero-order valence-electron chi connectivity index (χ0n) is 18.4. The van der Waals surface area contributed by atoms with E-state index in [0.717, 1.165) is 28.3 Å². The van der Waals surface area contributed by atoms with Gasteiger partial charge in [-0.3, -0.25) is 4.79 Å². The average Bonchev–Trinajstić information content (AvgIpc) is 2.94. The number of aliphatic imine (C=N–C) groups is 1. The van der Waals surface area contributed by atoms with Gasteiger partial charge in [-0.25, -0.2) is 4.99 Å². The minimum atomic E-state index is -0.912. The second-order valence-corrected chi connectivity index (χ2v) is 8.33. The maximum absolute atomic E-state index is 13.4. The van der Waals surface area contributed by atoms with E-state index in [1.54, 1.807) is 30.0 Å². The van der Waals surface area contributed by atoms with Crippen molar-refractivity contribution in [3.8, 4) is 5.75 Å². The molecule has 0 saturated carbocycles. The number of nitrogens with one attached hydrogen (secondary N) is 1. The van der Waals surface area contributed by atoms with Gasteiger partial charge in [0.25, 0.3) is 5.91 Å². The Morgan fingerprint density at radius 1 is 1.12 bits per heavy atom. The van der Waals surface area contributed by atoms with Crippen molar-refractivity contribution in [2.24, 2.45) is 4.99 Å². The van der Waals surface area contributed by atoms with Gasteiger partial charge in [0.1, 0.15) is 5.75 Å². The highest BCUT2D eigenvalue weighted by atomic mass is 35.5. The number of carbonyl (C=O) groups excluding carboxylic acids is 1. The van der Waals surface area contributed by atoms with Crippen LogP contribution in [-0.4, -0.2) is 44.1 Å². The van der Waals surface area contributed by atoms with E-state index in [2.05, 4.69) is 5.32 Å². The maximum atomic E-state index is 13.4. The Labute approximate surface area is 203 Å². The van der Waals surface area contributed by atoms with E-state index in [9.17, 15) is 4.79 Å². The first-order chi connectivity index (χ1) is 15.9. The van der Waals surface area contributed by atoms with Crippen LogP contribution in [0.2, 0.25) is 5.02 Å². The molecule has 0 spiro atoms. The Morgan fingerprint density at radius 3 is 2.48 bits per heavy atom. The molecule has 3 aromatic rings. The van der Waals surface area contributed by atoms with E-state index in [1.165, 1.54) is 0 Å². The number of rotatable bonds is 4. The molecule has 0 fully saturated rings. The highest BCUT2D eigenvalue weighted by Crippen LogP contribution is 2.30. The second kappa shape index (κ2) is 9.60. The SMILES string of the molecule is COc1ccc(N(C)C(=S)NC2N=C(c3ccccc3)c3cc(Cl)ccc3N(C)C2=O)cc1. The summed E-state index contributed by atoms with van der Waals surface area (Å²) < 4.78 is 5.22. The molecule has 0 bridgehead atoms. The number of hydrogen-bond donors (Lipinski definition) is 1. The van der Waals surface area contributed by atoms with Crippen molar-refractivity contribution in [3.05, 3.63) is 88.9 Å². The lowest BCUT2D eigenvalue weighted by molar-refractivity contribution is -0.119. The van der Waals surface area contributed by atoms with Crippen molar-refractivity contribution in [1.29, 1.82) is 0 Å². The van der Waals surface area contributed by atoms with Crippen LogP contribution in [0.15, 0.2) is 77.8 Å². The minimum Gasteiger partial charge on any atom is -0.497 e. The largest absolute Gasteiger partial charge is 0.497 e. The van der Waals surface area contributed by atoms with Gasteiger partial charge in [-0.05, 0) is 54.7 Å². The van der Waals surface area contributed by atoms with E-state index >= 15 is 0 Å².